The van der Waals surface area contributed by atoms with Crippen LogP contribution in [0.4, 0.5) is 0 Å². The van der Waals surface area contributed by atoms with Gasteiger partial charge in [0.15, 0.2) is 0 Å². The molecule has 1 unspecified atom stereocenters. The standard InChI is InChI=1S/C14H17N3O4/c1-9(18)15-16-13(19)8-17-6-10-4-2-3-5-11(10)12(7-17)14(20)21/h2-5,12H,6-8H2,1H3,(H,15,18)(H,16,19)(H,20,21). The Bertz CT molecular complexity index is 573. The van der Waals surface area contributed by atoms with Gasteiger partial charge in [0.25, 0.3) is 5.91 Å². The molecule has 2 rings (SSSR count). The summed E-state index contributed by atoms with van der Waals surface area (Å²) in [5, 5.41) is 9.33. The molecule has 1 heterocycles. The van der Waals surface area contributed by atoms with Gasteiger partial charge in [-0.2, -0.15) is 0 Å². The second kappa shape index (κ2) is 6.36. The molecule has 1 aliphatic rings. The summed E-state index contributed by atoms with van der Waals surface area (Å²) >= 11 is 0. The lowest BCUT2D eigenvalue weighted by Gasteiger charge is -2.32. The zero-order valence-corrected chi connectivity index (χ0v) is 11.6. The lowest BCUT2D eigenvalue weighted by molar-refractivity contribution is -0.140. The number of hydrogen-bond acceptors (Lipinski definition) is 4. The summed E-state index contributed by atoms with van der Waals surface area (Å²) in [4.78, 5) is 35.5. The number of fused-ring (bicyclic) bond motifs is 1. The number of amides is 2. The summed E-state index contributed by atoms with van der Waals surface area (Å²) in [7, 11) is 0. The third-order valence-electron chi connectivity index (χ3n) is 3.31. The predicted molar refractivity (Wildman–Crippen MR) is 74.1 cm³/mol. The SMILES string of the molecule is CC(=O)NNC(=O)CN1Cc2ccccc2C(C(=O)O)C1. The first-order valence-electron chi connectivity index (χ1n) is 6.55. The van der Waals surface area contributed by atoms with Gasteiger partial charge in [-0.15, -0.1) is 0 Å². The van der Waals surface area contributed by atoms with Crippen LogP contribution < -0.4 is 10.9 Å². The largest absolute Gasteiger partial charge is 0.481 e. The van der Waals surface area contributed by atoms with E-state index in [1.165, 1.54) is 6.92 Å². The van der Waals surface area contributed by atoms with Crippen LogP contribution in [0.25, 0.3) is 0 Å². The molecule has 0 radical (unpaired) electrons. The van der Waals surface area contributed by atoms with Gasteiger partial charge in [0.2, 0.25) is 5.91 Å². The molecule has 1 aromatic rings. The van der Waals surface area contributed by atoms with E-state index in [0.29, 0.717) is 6.54 Å². The van der Waals surface area contributed by atoms with E-state index in [2.05, 4.69) is 10.9 Å². The van der Waals surface area contributed by atoms with Gasteiger partial charge in [-0.3, -0.25) is 30.1 Å². The summed E-state index contributed by atoms with van der Waals surface area (Å²) in [6.07, 6.45) is 0. The van der Waals surface area contributed by atoms with Crippen LogP contribution in [0, 0.1) is 0 Å². The third kappa shape index (κ3) is 3.79. The fourth-order valence-electron chi connectivity index (χ4n) is 2.41. The fourth-order valence-corrected chi connectivity index (χ4v) is 2.41. The molecule has 7 nitrogen and oxygen atoms in total. The number of aliphatic carboxylic acids is 1. The van der Waals surface area contributed by atoms with Crippen molar-refractivity contribution in [1.82, 2.24) is 15.8 Å². The van der Waals surface area contributed by atoms with Crippen molar-refractivity contribution in [1.29, 1.82) is 0 Å². The average Bonchev–Trinajstić information content (AvgIpc) is 2.44. The summed E-state index contributed by atoms with van der Waals surface area (Å²) in [6, 6.07) is 7.33. The van der Waals surface area contributed by atoms with E-state index in [0.717, 1.165) is 11.1 Å². The number of rotatable bonds is 3. The quantitative estimate of drug-likeness (QED) is 0.672. The Morgan fingerprint density at radius 1 is 1.29 bits per heavy atom. The summed E-state index contributed by atoms with van der Waals surface area (Å²) in [5.41, 5.74) is 6.18. The van der Waals surface area contributed by atoms with Crippen LogP contribution in [0.2, 0.25) is 0 Å². The van der Waals surface area contributed by atoms with Gasteiger partial charge in [-0.25, -0.2) is 0 Å². The van der Waals surface area contributed by atoms with E-state index in [9.17, 15) is 19.5 Å². The molecule has 21 heavy (non-hydrogen) atoms. The predicted octanol–water partition coefficient (Wildman–Crippen LogP) is -0.162. The van der Waals surface area contributed by atoms with Crippen LogP contribution in [-0.4, -0.2) is 40.9 Å². The Morgan fingerprint density at radius 3 is 2.67 bits per heavy atom. The number of nitrogens with one attached hydrogen (secondary N) is 2. The van der Waals surface area contributed by atoms with Crippen LogP contribution in [0.15, 0.2) is 24.3 Å². The van der Waals surface area contributed by atoms with Crippen LogP contribution in [0.1, 0.15) is 24.0 Å². The molecule has 0 fully saturated rings. The van der Waals surface area contributed by atoms with Crippen molar-refractivity contribution in [2.45, 2.75) is 19.4 Å². The lowest BCUT2D eigenvalue weighted by Crippen LogP contribution is -2.47. The van der Waals surface area contributed by atoms with E-state index in [1.54, 1.807) is 4.90 Å². The first kappa shape index (κ1) is 15.0. The van der Waals surface area contributed by atoms with Crippen molar-refractivity contribution in [2.24, 2.45) is 0 Å². The number of hydrogen-bond donors (Lipinski definition) is 3. The molecule has 0 aromatic heterocycles. The van der Waals surface area contributed by atoms with Crippen molar-refractivity contribution < 1.29 is 19.5 Å². The molecule has 0 aliphatic carbocycles. The van der Waals surface area contributed by atoms with E-state index in [-0.39, 0.29) is 24.9 Å². The molecule has 112 valence electrons. The van der Waals surface area contributed by atoms with Crippen molar-refractivity contribution >= 4 is 17.8 Å². The minimum Gasteiger partial charge on any atom is -0.481 e. The van der Waals surface area contributed by atoms with E-state index in [4.69, 9.17) is 0 Å². The number of hydrazine groups is 1. The van der Waals surface area contributed by atoms with Crippen LogP contribution in [-0.2, 0) is 20.9 Å². The summed E-state index contributed by atoms with van der Waals surface area (Å²) < 4.78 is 0. The molecule has 1 aromatic carbocycles. The maximum atomic E-state index is 11.7. The summed E-state index contributed by atoms with van der Waals surface area (Å²) in [6.45, 7) is 2.09. The molecular formula is C14H17N3O4. The van der Waals surface area contributed by atoms with Gasteiger partial charge in [-0.05, 0) is 11.1 Å². The Balaban J connectivity index is 2.06. The van der Waals surface area contributed by atoms with Gasteiger partial charge in [-0.1, -0.05) is 24.3 Å². The van der Waals surface area contributed by atoms with E-state index < -0.39 is 11.9 Å². The van der Waals surface area contributed by atoms with Crippen LogP contribution in [0.3, 0.4) is 0 Å². The first-order chi connectivity index (χ1) is 9.97. The highest BCUT2D eigenvalue weighted by Crippen LogP contribution is 2.28. The Morgan fingerprint density at radius 2 is 2.00 bits per heavy atom. The van der Waals surface area contributed by atoms with Crippen molar-refractivity contribution in [3.8, 4) is 0 Å². The topological polar surface area (TPSA) is 98.7 Å². The second-order valence-corrected chi connectivity index (χ2v) is 4.99. The minimum atomic E-state index is -0.908. The lowest BCUT2D eigenvalue weighted by atomic mass is 9.90. The molecular weight excluding hydrogens is 274 g/mol. The van der Waals surface area contributed by atoms with Gasteiger partial charge in [0.05, 0.1) is 12.5 Å². The molecule has 7 heteroatoms. The molecule has 0 bridgehead atoms. The molecule has 0 saturated heterocycles. The highest BCUT2D eigenvalue weighted by atomic mass is 16.4. The van der Waals surface area contributed by atoms with Gasteiger partial charge in [0.1, 0.15) is 0 Å². The number of carboxylic acids is 1. The van der Waals surface area contributed by atoms with E-state index in [1.807, 2.05) is 24.3 Å². The number of nitrogens with zero attached hydrogens (tertiary/aromatic N) is 1. The zero-order chi connectivity index (χ0) is 15.4. The highest BCUT2D eigenvalue weighted by Gasteiger charge is 2.30. The highest BCUT2D eigenvalue weighted by molar-refractivity contribution is 5.82. The third-order valence-corrected chi connectivity index (χ3v) is 3.31. The zero-order valence-electron chi connectivity index (χ0n) is 11.6. The fraction of sp³-hybridized carbons (Fsp3) is 0.357. The Kier molecular flexibility index (Phi) is 4.54. The molecule has 0 spiro atoms. The average molecular weight is 291 g/mol. The molecule has 1 aliphatic heterocycles. The normalized spacial score (nSPS) is 17.7. The molecule has 0 saturated carbocycles. The molecule has 3 N–H and O–H groups in total. The van der Waals surface area contributed by atoms with Gasteiger partial charge >= 0.3 is 5.97 Å². The molecule has 1 atom stereocenters. The van der Waals surface area contributed by atoms with Crippen LogP contribution >= 0.6 is 0 Å². The maximum Gasteiger partial charge on any atom is 0.312 e. The monoisotopic (exact) mass is 291 g/mol. The van der Waals surface area contributed by atoms with Crippen molar-refractivity contribution in [2.75, 3.05) is 13.1 Å². The second-order valence-electron chi connectivity index (χ2n) is 4.99. The smallest absolute Gasteiger partial charge is 0.312 e. The maximum absolute atomic E-state index is 11.7. The number of carboxylic acid groups (broad SMARTS) is 1. The van der Waals surface area contributed by atoms with Gasteiger partial charge < -0.3 is 5.11 Å². The molecule has 2 amide bonds. The summed E-state index contributed by atoms with van der Waals surface area (Å²) in [5.74, 6) is -2.30. The number of carbonyl (C=O) groups is 3. The first-order valence-corrected chi connectivity index (χ1v) is 6.55. The number of benzene rings is 1. The Hall–Kier alpha value is -2.41. The minimum absolute atomic E-state index is 0.0262. The Labute approximate surface area is 121 Å². The van der Waals surface area contributed by atoms with Crippen LogP contribution in [0.5, 0.6) is 0 Å². The number of carbonyl (C=O) groups excluding carboxylic acids is 2. The van der Waals surface area contributed by atoms with Crippen molar-refractivity contribution in [3.63, 3.8) is 0 Å². The van der Waals surface area contributed by atoms with E-state index >= 15 is 0 Å². The van der Waals surface area contributed by atoms with Crippen molar-refractivity contribution in [3.05, 3.63) is 35.4 Å². The van der Waals surface area contributed by atoms with Gasteiger partial charge in [0, 0.05) is 20.0 Å².